The molecule has 0 aliphatic rings. The van der Waals surface area contributed by atoms with Gasteiger partial charge in [0, 0.05) is 17.8 Å². The molecule has 7 nitrogen and oxygen atoms in total. The molecule has 0 saturated heterocycles. The highest BCUT2D eigenvalue weighted by molar-refractivity contribution is 5.94. The maximum absolute atomic E-state index is 11.7. The Morgan fingerprint density at radius 2 is 2.13 bits per heavy atom. The molecule has 120 valence electrons. The molecule has 2 N–H and O–H groups in total. The Morgan fingerprint density at radius 1 is 1.39 bits per heavy atom. The van der Waals surface area contributed by atoms with Crippen molar-refractivity contribution in [3.8, 4) is 5.69 Å². The molecule has 0 saturated carbocycles. The molecule has 2 aromatic rings. The van der Waals surface area contributed by atoms with Crippen LogP contribution < -0.4 is 5.32 Å². The van der Waals surface area contributed by atoms with Crippen LogP contribution in [0, 0.1) is 0 Å². The number of aliphatic hydroxyl groups excluding tert-OH is 1. The van der Waals surface area contributed by atoms with Gasteiger partial charge in [0.25, 0.3) is 0 Å². The summed E-state index contributed by atoms with van der Waals surface area (Å²) in [5, 5.41) is 15.6. The number of benzene rings is 1. The van der Waals surface area contributed by atoms with Crippen molar-refractivity contribution in [1.29, 1.82) is 0 Å². The molecule has 0 aliphatic heterocycles. The first-order chi connectivity index (χ1) is 11.1. The van der Waals surface area contributed by atoms with E-state index in [4.69, 9.17) is 5.11 Å². The van der Waals surface area contributed by atoms with Crippen molar-refractivity contribution in [3.05, 3.63) is 54.4 Å². The quantitative estimate of drug-likeness (QED) is 0.599. The summed E-state index contributed by atoms with van der Waals surface area (Å²) in [6.45, 7) is -0.530. The number of hydrogen-bond donors (Lipinski definition) is 2. The highest BCUT2D eigenvalue weighted by Gasteiger charge is 2.19. The van der Waals surface area contributed by atoms with Gasteiger partial charge in [-0.2, -0.15) is 5.10 Å². The third-order valence-corrected chi connectivity index (χ3v) is 3.04. The molecule has 0 unspecified atom stereocenters. The van der Waals surface area contributed by atoms with Crippen molar-refractivity contribution in [2.45, 2.75) is 6.04 Å². The summed E-state index contributed by atoms with van der Waals surface area (Å²) >= 11 is 0. The zero-order chi connectivity index (χ0) is 16.7. The first-order valence-electron chi connectivity index (χ1n) is 6.91. The maximum atomic E-state index is 11.7. The third-order valence-electron chi connectivity index (χ3n) is 3.04. The van der Waals surface area contributed by atoms with E-state index in [1.54, 1.807) is 23.2 Å². The van der Waals surface area contributed by atoms with Crippen LogP contribution >= 0.6 is 0 Å². The summed E-state index contributed by atoms with van der Waals surface area (Å²) in [5.74, 6) is -1.21. The number of rotatable bonds is 6. The molecule has 1 aromatic heterocycles. The number of ether oxygens (including phenoxy) is 1. The number of carbonyl (C=O) groups is 2. The van der Waals surface area contributed by atoms with Gasteiger partial charge in [-0.25, -0.2) is 9.48 Å². The van der Waals surface area contributed by atoms with Crippen LogP contribution in [0.15, 0.2) is 48.8 Å². The summed E-state index contributed by atoms with van der Waals surface area (Å²) in [7, 11) is 1.19. The highest BCUT2D eigenvalue weighted by atomic mass is 16.5. The van der Waals surface area contributed by atoms with E-state index in [-0.39, 0.29) is 0 Å². The van der Waals surface area contributed by atoms with Gasteiger partial charge in [-0.05, 0) is 18.2 Å². The number of aliphatic hydroxyl groups is 1. The molecule has 1 aromatic carbocycles. The predicted octanol–water partition coefficient (Wildman–Crippen LogP) is 0.536. The van der Waals surface area contributed by atoms with E-state index in [1.807, 2.05) is 30.3 Å². The molecule has 7 heteroatoms. The van der Waals surface area contributed by atoms with Crippen molar-refractivity contribution >= 4 is 18.0 Å². The van der Waals surface area contributed by atoms with Crippen molar-refractivity contribution in [2.24, 2.45) is 0 Å². The van der Waals surface area contributed by atoms with Crippen LogP contribution in [0.4, 0.5) is 0 Å². The lowest BCUT2D eigenvalue weighted by atomic mass is 10.3. The highest BCUT2D eigenvalue weighted by Crippen LogP contribution is 2.08. The molecule has 0 aliphatic carbocycles. The first kappa shape index (κ1) is 16.4. The van der Waals surface area contributed by atoms with Crippen LogP contribution in [0.25, 0.3) is 11.8 Å². The van der Waals surface area contributed by atoms with E-state index in [1.165, 1.54) is 13.2 Å². The molecule has 2 rings (SSSR count). The van der Waals surface area contributed by atoms with Crippen LogP contribution in [0.2, 0.25) is 0 Å². The van der Waals surface area contributed by atoms with Crippen molar-refractivity contribution in [1.82, 2.24) is 15.1 Å². The Labute approximate surface area is 133 Å². The number of carbonyl (C=O) groups excluding carboxylic acids is 2. The van der Waals surface area contributed by atoms with E-state index in [9.17, 15) is 9.59 Å². The predicted molar refractivity (Wildman–Crippen MR) is 83.6 cm³/mol. The average Bonchev–Trinajstić information content (AvgIpc) is 3.07. The van der Waals surface area contributed by atoms with Crippen LogP contribution in [0.5, 0.6) is 0 Å². The monoisotopic (exact) mass is 315 g/mol. The Morgan fingerprint density at radius 3 is 2.78 bits per heavy atom. The van der Waals surface area contributed by atoms with Crippen LogP contribution in [0.3, 0.4) is 0 Å². The van der Waals surface area contributed by atoms with Gasteiger partial charge in [-0.1, -0.05) is 18.2 Å². The zero-order valence-electron chi connectivity index (χ0n) is 12.5. The molecule has 1 heterocycles. The Kier molecular flexibility index (Phi) is 5.65. The fourth-order valence-electron chi connectivity index (χ4n) is 1.86. The average molecular weight is 315 g/mol. The summed E-state index contributed by atoms with van der Waals surface area (Å²) in [4.78, 5) is 23.0. The van der Waals surface area contributed by atoms with Gasteiger partial charge in [-0.3, -0.25) is 4.79 Å². The second-order valence-electron chi connectivity index (χ2n) is 4.65. The van der Waals surface area contributed by atoms with E-state index >= 15 is 0 Å². The van der Waals surface area contributed by atoms with Crippen LogP contribution in [0.1, 0.15) is 5.56 Å². The maximum Gasteiger partial charge on any atom is 0.330 e. The van der Waals surface area contributed by atoms with E-state index in [0.29, 0.717) is 0 Å². The minimum Gasteiger partial charge on any atom is -0.467 e. The Balaban J connectivity index is 1.99. The van der Waals surface area contributed by atoms with Gasteiger partial charge in [-0.15, -0.1) is 0 Å². The number of methoxy groups -OCH3 is 1. The van der Waals surface area contributed by atoms with Gasteiger partial charge in [0.05, 0.1) is 25.6 Å². The standard InChI is InChI=1S/C16H17N3O4/c1-23-16(22)14(11-20)18-15(21)8-7-12-9-17-19(10-12)13-5-3-2-4-6-13/h2-10,14,20H,11H2,1H3,(H,18,21)/b8-7+/t14-/m0/s1. The van der Waals surface area contributed by atoms with E-state index in [2.05, 4.69) is 15.2 Å². The molecule has 0 fully saturated rings. The van der Waals surface area contributed by atoms with Crippen molar-refractivity contribution in [2.75, 3.05) is 13.7 Å². The van der Waals surface area contributed by atoms with E-state index < -0.39 is 24.5 Å². The zero-order valence-corrected chi connectivity index (χ0v) is 12.5. The van der Waals surface area contributed by atoms with Crippen LogP contribution in [-0.4, -0.2) is 46.5 Å². The van der Waals surface area contributed by atoms with Crippen molar-refractivity contribution < 1.29 is 19.4 Å². The van der Waals surface area contributed by atoms with E-state index in [0.717, 1.165) is 11.3 Å². The smallest absolute Gasteiger partial charge is 0.330 e. The van der Waals surface area contributed by atoms with Crippen molar-refractivity contribution in [3.63, 3.8) is 0 Å². The number of nitrogens with one attached hydrogen (secondary N) is 1. The topological polar surface area (TPSA) is 93.4 Å². The number of aromatic nitrogens is 2. The number of esters is 1. The summed E-state index contributed by atoms with van der Waals surface area (Å²) < 4.78 is 6.15. The van der Waals surface area contributed by atoms with Gasteiger partial charge < -0.3 is 15.2 Å². The lowest BCUT2D eigenvalue weighted by Crippen LogP contribution is -2.43. The minimum absolute atomic E-state index is 0.512. The van der Waals surface area contributed by atoms with Gasteiger partial charge in [0.1, 0.15) is 0 Å². The molecule has 1 atom stereocenters. The molecular weight excluding hydrogens is 298 g/mol. The van der Waals surface area contributed by atoms with Gasteiger partial charge >= 0.3 is 5.97 Å². The fourth-order valence-corrected chi connectivity index (χ4v) is 1.86. The second-order valence-corrected chi connectivity index (χ2v) is 4.65. The largest absolute Gasteiger partial charge is 0.467 e. The molecule has 0 radical (unpaired) electrons. The normalized spacial score (nSPS) is 12.1. The summed E-state index contributed by atoms with van der Waals surface area (Å²) in [6, 6.07) is 8.47. The fraction of sp³-hybridized carbons (Fsp3) is 0.188. The lowest BCUT2D eigenvalue weighted by Gasteiger charge is -2.11. The number of para-hydroxylation sites is 1. The third kappa shape index (κ3) is 4.52. The van der Waals surface area contributed by atoms with Gasteiger partial charge in [0.15, 0.2) is 6.04 Å². The van der Waals surface area contributed by atoms with Crippen LogP contribution in [-0.2, 0) is 14.3 Å². The molecule has 23 heavy (non-hydrogen) atoms. The molecular formula is C16H17N3O4. The first-order valence-corrected chi connectivity index (χ1v) is 6.91. The molecule has 0 bridgehead atoms. The summed E-state index contributed by atoms with van der Waals surface area (Å²) in [6.07, 6.45) is 6.20. The lowest BCUT2D eigenvalue weighted by molar-refractivity contribution is -0.145. The minimum atomic E-state index is -1.08. The number of hydrogen-bond acceptors (Lipinski definition) is 5. The number of nitrogens with zero attached hydrogens (tertiary/aromatic N) is 2. The SMILES string of the molecule is COC(=O)[C@H](CO)NC(=O)/C=C/c1cnn(-c2ccccc2)c1. The number of amides is 1. The second kappa shape index (κ2) is 7.90. The molecule has 0 spiro atoms. The Hall–Kier alpha value is -2.93. The van der Waals surface area contributed by atoms with Gasteiger partial charge in [0.2, 0.25) is 5.91 Å². The molecule has 1 amide bonds. The Bertz CT molecular complexity index is 694. The summed E-state index contributed by atoms with van der Waals surface area (Å²) in [5.41, 5.74) is 1.63.